The monoisotopic (exact) mass is 334 g/mol. The van der Waals surface area contributed by atoms with E-state index in [9.17, 15) is 4.79 Å². The molecule has 0 aliphatic carbocycles. The van der Waals surface area contributed by atoms with Gasteiger partial charge < -0.3 is 15.0 Å². The Balaban J connectivity index is 1.99. The molecule has 1 amide bonds. The maximum Gasteiger partial charge on any atom is 0.264 e. The maximum absolute atomic E-state index is 12.7. The summed E-state index contributed by atoms with van der Waals surface area (Å²) in [5, 5.41) is 4.38. The van der Waals surface area contributed by atoms with Crippen molar-refractivity contribution < 1.29 is 9.53 Å². The van der Waals surface area contributed by atoms with E-state index >= 15 is 0 Å². The van der Waals surface area contributed by atoms with E-state index in [4.69, 9.17) is 4.74 Å². The first kappa shape index (κ1) is 16.1. The average Bonchev–Trinajstić information content (AvgIpc) is 3.14. The van der Waals surface area contributed by atoms with Crippen molar-refractivity contribution in [2.45, 2.75) is 39.3 Å². The van der Waals surface area contributed by atoms with Crippen LogP contribution in [0.15, 0.2) is 6.33 Å². The van der Waals surface area contributed by atoms with Crippen molar-refractivity contribution in [1.29, 1.82) is 0 Å². The Kier molecular flexibility index (Phi) is 4.50. The van der Waals surface area contributed by atoms with Crippen LogP contribution in [0, 0.1) is 6.92 Å². The minimum absolute atomic E-state index is 0.0376. The van der Waals surface area contributed by atoms with Gasteiger partial charge in [0.2, 0.25) is 0 Å². The van der Waals surface area contributed by atoms with Crippen molar-refractivity contribution in [1.82, 2.24) is 14.9 Å². The molecule has 3 rings (SSSR count). The van der Waals surface area contributed by atoms with Gasteiger partial charge in [0.05, 0.1) is 22.9 Å². The van der Waals surface area contributed by atoms with Gasteiger partial charge in [-0.1, -0.05) is 0 Å². The van der Waals surface area contributed by atoms with Crippen LogP contribution in [0.2, 0.25) is 0 Å². The van der Waals surface area contributed by atoms with Gasteiger partial charge in [-0.2, -0.15) is 0 Å². The number of thiophene rings is 1. The van der Waals surface area contributed by atoms with Crippen LogP contribution in [0.5, 0.6) is 0 Å². The minimum Gasteiger partial charge on any atom is -0.379 e. The molecule has 1 aliphatic heterocycles. The van der Waals surface area contributed by atoms with Gasteiger partial charge in [-0.3, -0.25) is 4.79 Å². The molecule has 0 saturated carbocycles. The summed E-state index contributed by atoms with van der Waals surface area (Å²) in [4.78, 5) is 24.8. The van der Waals surface area contributed by atoms with Gasteiger partial charge >= 0.3 is 0 Å². The molecule has 124 valence electrons. The van der Waals surface area contributed by atoms with E-state index in [0.29, 0.717) is 6.61 Å². The quantitative estimate of drug-likeness (QED) is 0.931. The molecule has 1 fully saturated rings. The number of fused-ring (bicyclic) bond motifs is 1. The number of nitrogens with zero attached hydrogens (tertiary/aromatic N) is 3. The van der Waals surface area contributed by atoms with Gasteiger partial charge in [0, 0.05) is 19.7 Å². The van der Waals surface area contributed by atoms with E-state index in [2.05, 4.69) is 15.3 Å². The summed E-state index contributed by atoms with van der Waals surface area (Å²) in [6.07, 6.45) is 2.52. The smallest absolute Gasteiger partial charge is 0.264 e. The molecule has 0 aromatic carbocycles. The molecule has 1 aliphatic rings. The predicted octanol–water partition coefficient (Wildman–Crippen LogP) is 2.68. The second-order valence-electron chi connectivity index (χ2n) is 6.17. The summed E-state index contributed by atoms with van der Waals surface area (Å²) in [5.74, 6) is 0.834. The van der Waals surface area contributed by atoms with E-state index < -0.39 is 0 Å². The molecule has 1 atom stereocenters. The Morgan fingerprint density at radius 2 is 2.26 bits per heavy atom. The number of hydrogen-bond acceptors (Lipinski definition) is 6. The highest BCUT2D eigenvalue weighted by Crippen LogP contribution is 2.34. The van der Waals surface area contributed by atoms with Gasteiger partial charge in [0.1, 0.15) is 17.0 Å². The van der Waals surface area contributed by atoms with E-state index in [1.165, 1.54) is 11.3 Å². The predicted molar refractivity (Wildman–Crippen MR) is 92.2 cm³/mol. The number of rotatable bonds is 4. The Morgan fingerprint density at radius 1 is 1.48 bits per heavy atom. The molecule has 0 spiro atoms. The highest BCUT2D eigenvalue weighted by molar-refractivity contribution is 7.20. The number of nitrogens with one attached hydrogen (secondary N) is 1. The van der Waals surface area contributed by atoms with Crippen LogP contribution in [-0.2, 0) is 4.74 Å². The van der Waals surface area contributed by atoms with Gasteiger partial charge in [-0.05, 0) is 32.8 Å². The lowest BCUT2D eigenvalue weighted by atomic mass is 10.1. The van der Waals surface area contributed by atoms with Crippen molar-refractivity contribution >= 4 is 33.3 Å². The number of hydrogen-bond donors (Lipinski definition) is 1. The van der Waals surface area contributed by atoms with Gasteiger partial charge in [0.25, 0.3) is 5.91 Å². The molecule has 2 aromatic heterocycles. The lowest BCUT2D eigenvalue weighted by molar-refractivity contribution is 0.0759. The second-order valence-corrected chi connectivity index (χ2v) is 7.17. The van der Waals surface area contributed by atoms with Crippen LogP contribution in [0.4, 0.5) is 5.82 Å². The third-order valence-electron chi connectivity index (χ3n) is 4.29. The molecule has 0 bridgehead atoms. The first-order valence-electron chi connectivity index (χ1n) is 7.84. The van der Waals surface area contributed by atoms with Gasteiger partial charge in [-0.25, -0.2) is 9.97 Å². The molecular formula is C16H22N4O2S. The summed E-state index contributed by atoms with van der Waals surface area (Å²) in [7, 11) is 1.83. The van der Waals surface area contributed by atoms with Crippen LogP contribution in [0.25, 0.3) is 10.2 Å². The second kappa shape index (κ2) is 6.41. The zero-order valence-electron chi connectivity index (χ0n) is 13.9. The zero-order chi connectivity index (χ0) is 16.6. The fourth-order valence-electron chi connectivity index (χ4n) is 2.62. The fraction of sp³-hybridized carbons (Fsp3) is 0.562. The molecule has 7 heteroatoms. The minimum atomic E-state index is 0.0376. The van der Waals surface area contributed by atoms with Crippen molar-refractivity contribution in [3.8, 4) is 0 Å². The largest absolute Gasteiger partial charge is 0.379 e. The highest BCUT2D eigenvalue weighted by Gasteiger charge is 2.24. The SMILES string of the molecule is Cc1c(C(=O)N(C)C(C)C)sc2ncnc(NC3CCOC3)c12. The van der Waals surface area contributed by atoms with E-state index in [1.54, 1.807) is 11.2 Å². The van der Waals surface area contributed by atoms with Crippen LogP contribution in [0.3, 0.4) is 0 Å². The maximum atomic E-state index is 12.7. The molecular weight excluding hydrogens is 312 g/mol. The number of carbonyl (C=O) groups is 1. The molecule has 1 N–H and O–H groups in total. The molecule has 2 aromatic rings. The summed E-state index contributed by atoms with van der Waals surface area (Å²) in [6, 6.07) is 0.427. The van der Waals surface area contributed by atoms with Crippen molar-refractivity contribution in [2.75, 3.05) is 25.6 Å². The van der Waals surface area contributed by atoms with Gasteiger partial charge in [0.15, 0.2) is 0 Å². The highest BCUT2D eigenvalue weighted by atomic mass is 32.1. The number of amides is 1. The van der Waals surface area contributed by atoms with Gasteiger partial charge in [-0.15, -0.1) is 11.3 Å². The average molecular weight is 334 g/mol. The Bertz CT molecular complexity index is 722. The Labute approximate surface area is 139 Å². The number of aryl methyl sites for hydroxylation is 1. The van der Waals surface area contributed by atoms with Crippen LogP contribution < -0.4 is 5.32 Å². The normalized spacial score (nSPS) is 17.9. The zero-order valence-corrected chi connectivity index (χ0v) is 14.7. The number of ether oxygens (including phenoxy) is 1. The standard InChI is InChI=1S/C16H22N4O2S/c1-9(2)20(4)16(21)13-10(3)12-14(17-8-18-15(12)23-13)19-11-5-6-22-7-11/h8-9,11H,5-7H2,1-4H3,(H,17,18,19). The Morgan fingerprint density at radius 3 is 2.91 bits per heavy atom. The van der Waals surface area contributed by atoms with E-state index in [1.807, 2.05) is 27.8 Å². The first-order valence-corrected chi connectivity index (χ1v) is 8.66. The number of aromatic nitrogens is 2. The Hall–Kier alpha value is -1.73. The topological polar surface area (TPSA) is 67.4 Å². The van der Waals surface area contributed by atoms with Crippen molar-refractivity contribution in [3.05, 3.63) is 16.8 Å². The van der Waals surface area contributed by atoms with Crippen molar-refractivity contribution in [2.24, 2.45) is 0 Å². The van der Waals surface area contributed by atoms with E-state index in [0.717, 1.165) is 39.5 Å². The molecule has 6 nitrogen and oxygen atoms in total. The summed E-state index contributed by atoms with van der Waals surface area (Å²) in [5.41, 5.74) is 0.949. The van der Waals surface area contributed by atoms with Crippen LogP contribution in [0.1, 0.15) is 35.5 Å². The summed E-state index contributed by atoms with van der Waals surface area (Å²) >= 11 is 1.44. The van der Waals surface area contributed by atoms with Crippen molar-refractivity contribution in [3.63, 3.8) is 0 Å². The number of carbonyl (C=O) groups excluding carboxylic acids is 1. The van der Waals surface area contributed by atoms with E-state index in [-0.39, 0.29) is 18.0 Å². The number of anilines is 1. The molecule has 3 heterocycles. The van der Waals surface area contributed by atoms with Crippen LogP contribution in [-0.4, -0.2) is 53.1 Å². The third-order valence-corrected chi connectivity index (χ3v) is 5.47. The summed E-state index contributed by atoms with van der Waals surface area (Å²) in [6.45, 7) is 7.45. The molecule has 0 radical (unpaired) electrons. The lowest BCUT2D eigenvalue weighted by Crippen LogP contribution is -2.32. The molecule has 1 unspecified atom stereocenters. The lowest BCUT2D eigenvalue weighted by Gasteiger charge is -2.21. The molecule has 23 heavy (non-hydrogen) atoms. The third kappa shape index (κ3) is 3.03. The molecule has 1 saturated heterocycles. The van der Waals surface area contributed by atoms with Crippen LogP contribution >= 0.6 is 11.3 Å². The summed E-state index contributed by atoms with van der Waals surface area (Å²) < 4.78 is 5.41. The first-order chi connectivity index (χ1) is 11.0. The fourth-order valence-corrected chi connectivity index (χ4v) is 3.75.